The molecule has 0 saturated heterocycles. The Morgan fingerprint density at radius 3 is 2.42 bits per heavy atom. The Kier molecular flexibility index (Phi) is 5.26. The van der Waals surface area contributed by atoms with Crippen molar-refractivity contribution >= 4 is 16.7 Å². The highest BCUT2D eigenvalue weighted by molar-refractivity contribution is 5.96. The van der Waals surface area contributed by atoms with Gasteiger partial charge in [0.1, 0.15) is 0 Å². The summed E-state index contributed by atoms with van der Waals surface area (Å²) in [6.45, 7) is 0.273. The molecule has 2 heterocycles. The second-order valence-corrected chi connectivity index (χ2v) is 8.05. The summed E-state index contributed by atoms with van der Waals surface area (Å²) < 4.78 is 33.6. The molecule has 0 aliphatic carbocycles. The average Bonchev–Trinajstić information content (AvgIpc) is 2.84. The van der Waals surface area contributed by atoms with Gasteiger partial charge in [0.05, 0.1) is 24.6 Å². The van der Waals surface area contributed by atoms with Gasteiger partial charge in [0.25, 0.3) is 11.5 Å². The number of hydrogen-bond donors (Lipinski definition) is 1. The standard InChI is InChI=1S/C26H20F2N2O3/c1-30(26(32)17-9-5-8-16(10-17)15-6-3-2-4-7-15)23-14-33-13-22-24(23)18-11-20(27)21(28)12-19(18)25(31)29-22/h2-12,23H,13-14H2,1H3,(H,29,31)/t23-/m1/s1. The number of aromatic nitrogens is 1. The molecule has 7 heteroatoms. The van der Waals surface area contributed by atoms with E-state index in [1.54, 1.807) is 13.1 Å². The van der Waals surface area contributed by atoms with Gasteiger partial charge in [-0.3, -0.25) is 9.59 Å². The molecule has 0 unspecified atom stereocenters. The van der Waals surface area contributed by atoms with Crippen LogP contribution in [0.2, 0.25) is 0 Å². The SMILES string of the molecule is CN(C(=O)c1cccc(-c2ccccc2)c1)[C@@H]1COCc2[nH]c(=O)c3cc(F)c(F)cc3c21. The molecular weight excluding hydrogens is 426 g/mol. The molecule has 33 heavy (non-hydrogen) atoms. The Bertz CT molecular complexity index is 1430. The van der Waals surface area contributed by atoms with E-state index in [4.69, 9.17) is 4.74 Å². The number of likely N-dealkylation sites (N-methyl/N-ethyl adjacent to an activating group) is 1. The number of ether oxygens (including phenoxy) is 1. The number of carbonyl (C=O) groups is 1. The van der Waals surface area contributed by atoms with E-state index >= 15 is 0 Å². The number of fused-ring (bicyclic) bond motifs is 3. The number of pyridine rings is 1. The van der Waals surface area contributed by atoms with Crippen molar-refractivity contribution in [1.82, 2.24) is 9.88 Å². The molecule has 0 radical (unpaired) electrons. The Balaban J connectivity index is 1.57. The van der Waals surface area contributed by atoms with Gasteiger partial charge in [-0.05, 0) is 40.8 Å². The quantitative estimate of drug-likeness (QED) is 0.491. The number of nitrogens with zero attached hydrogens (tertiary/aromatic N) is 1. The summed E-state index contributed by atoms with van der Waals surface area (Å²) in [6.07, 6.45) is 0. The van der Waals surface area contributed by atoms with E-state index in [0.717, 1.165) is 23.3 Å². The van der Waals surface area contributed by atoms with Gasteiger partial charge in [0.15, 0.2) is 11.6 Å². The van der Waals surface area contributed by atoms with Crippen molar-refractivity contribution in [2.45, 2.75) is 12.6 Å². The lowest BCUT2D eigenvalue weighted by Gasteiger charge is -2.34. The molecule has 1 amide bonds. The van der Waals surface area contributed by atoms with Gasteiger partial charge in [-0.25, -0.2) is 8.78 Å². The molecule has 0 spiro atoms. The second kappa shape index (κ2) is 8.26. The summed E-state index contributed by atoms with van der Waals surface area (Å²) in [7, 11) is 1.64. The van der Waals surface area contributed by atoms with Gasteiger partial charge in [0, 0.05) is 23.9 Å². The van der Waals surface area contributed by atoms with Crippen molar-refractivity contribution in [3.05, 3.63) is 106 Å². The van der Waals surface area contributed by atoms with E-state index < -0.39 is 23.2 Å². The molecule has 0 bridgehead atoms. The van der Waals surface area contributed by atoms with Crippen LogP contribution >= 0.6 is 0 Å². The van der Waals surface area contributed by atoms with Crippen molar-refractivity contribution in [2.24, 2.45) is 0 Å². The lowest BCUT2D eigenvalue weighted by Crippen LogP contribution is -2.37. The van der Waals surface area contributed by atoms with Crippen LogP contribution in [0.3, 0.4) is 0 Å². The first-order chi connectivity index (χ1) is 15.9. The fourth-order valence-electron chi connectivity index (χ4n) is 4.36. The van der Waals surface area contributed by atoms with Crippen molar-refractivity contribution in [3.8, 4) is 11.1 Å². The van der Waals surface area contributed by atoms with E-state index in [1.807, 2.05) is 48.5 Å². The number of nitrogens with one attached hydrogen (secondary N) is 1. The molecule has 1 aromatic heterocycles. The van der Waals surface area contributed by atoms with Gasteiger partial charge in [0.2, 0.25) is 0 Å². The number of aromatic amines is 1. The number of benzene rings is 3. The molecule has 0 saturated carbocycles. The number of H-pyrrole nitrogens is 1. The second-order valence-electron chi connectivity index (χ2n) is 8.05. The van der Waals surface area contributed by atoms with Gasteiger partial charge in [-0.1, -0.05) is 42.5 Å². The van der Waals surface area contributed by atoms with Crippen LogP contribution < -0.4 is 5.56 Å². The minimum absolute atomic E-state index is 0.0338. The van der Waals surface area contributed by atoms with Crippen molar-refractivity contribution in [1.29, 1.82) is 0 Å². The average molecular weight is 446 g/mol. The highest BCUT2D eigenvalue weighted by Crippen LogP contribution is 2.34. The third kappa shape index (κ3) is 3.70. The number of halogens is 2. The molecule has 166 valence electrons. The van der Waals surface area contributed by atoms with Gasteiger partial charge < -0.3 is 14.6 Å². The Morgan fingerprint density at radius 2 is 1.67 bits per heavy atom. The molecular formula is C26H20F2N2O3. The van der Waals surface area contributed by atoms with Gasteiger partial charge >= 0.3 is 0 Å². The van der Waals surface area contributed by atoms with Crippen LogP contribution in [0.4, 0.5) is 8.78 Å². The molecule has 4 aromatic rings. The van der Waals surface area contributed by atoms with E-state index in [-0.39, 0.29) is 29.9 Å². The van der Waals surface area contributed by atoms with Crippen molar-refractivity contribution in [2.75, 3.05) is 13.7 Å². The van der Waals surface area contributed by atoms with Crippen LogP contribution in [0.1, 0.15) is 27.7 Å². The molecule has 5 rings (SSSR count). The summed E-state index contributed by atoms with van der Waals surface area (Å²) in [6, 6.07) is 18.3. The summed E-state index contributed by atoms with van der Waals surface area (Å²) in [4.78, 5) is 30.1. The van der Waals surface area contributed by atoms with Gasteiger partial charge in [-0.2, -0.15) is 0 Å². The first kappa shape index (κ1) is 21.0. The predicted molar refractivity (Wildman–Crippen MR) is 121 cm³/mol. The zero-order valence-electron chi connectivity index (χ0n) is 17.8. The number of rotatable bonds is 3. The molecule has 3 aromatic carbocycles. The third-order valence-corrected chi connectivity index (χ3v) is 6.04. The van der Waals surface area contributed by atoms with E-state index in [0.29, 0.717) is 16.8 Å². The highest BCUT2D eigenvalue weighted by atomic mass is 19.2. The van der Waals surface area contributed by atoms with E-state index in [9.17, 15) is 18.4 Å². The summed E-state index contributed by atoms with van der Waals surface area (Å²) >= 11 is 0. The zero-order chi connectivity index (χ0) is 23.1. The number of amides is 1. The Hall–Kier alpha value is -3.84. The first-order valence-corrected chi connectivity index (χ1v) is 10.5. The maximum absolute atomic E-state index is 14.1. The van der Waals surface area contributed by atoms with Crippen LogP contribution in [0, 0.1) is 11.6 Å². The van der Waals surface area contributed by atoms with Gasteiger partial charge in [-0.15, -0.1) is 0 Å². The topological polar surface area (TPSA) is 62.4 Å². The Morgan fingerprint density at radius 1 is 0.970 bits per heavy atom. The van der Waals surface area contributed by atoms with Crippen molar-refractivity contribution in [3.63, 3.8) is 0 Å². The lowest BCUT2D eigenvalue weighted by atomic mass is 9.95. The fourth-order valence-corrected chi connectivity index (χ4v) is 4.36. The Labute approximate surface area is 188 Å². The zero-order valence-corrected chi connectivity index (χ0v) is 17.8. The summed E-state index contributed by atoms with van der Waals surface area (Å²) in [5.41, 5.74) is 2.86. The first-order valence-electron chi connectivity index (χ1n) is 10.5. The van der Waals surface area contributed by atoms with Crippen LogP contribution in [0.5, 0.6) is 0 Å². The summed E-state index contributed by atoms with van der Waals surface area (Å²) in [5, 5.41) is 0.310. The maximum atomic E-state index is 14.1. The van der Waals surface area contributed by atoms with E-state index in [2.05, 4.69) is 4.98 Å². The predicted octanol–water partition coefficient (Wildman–Crippen LogP) is 4.82. The molecule has 5 nitrogen and oxygen atoms in total. The molecule has 1 N–H and O–H groups in total. The van der Waals surface area contributed by atoms with Crippen LogP contribution in [0.25, 0.3) is 21.9 Å². The number of hydrogen-bond acceptors (Lipinski definition) is 3. The monoisotopic (exact) mass is 446 g/mol. The molecule has 1 atom stereocenters. The fraction of sp³-hybridized carbons (Fsp3) is 0.154. The highest BCUT2D eigenvalue weighted by Gasteiger charge is 2.31. The molecule has 1 aliphatic rings. The summed E-state index contributed by atoms with van der Waals surface area (Å²) in [5.74, 6) is -2.40. The van der Waals surface area contributed by atoms with Crippen LogP contribution in [-0.4, -0.2) is 29.4 Å². The molecule has 0 fully saturated rings. The minimum atomic E-state index is -1.10. The van der Waals surface area contributed by atoms with Crippen LogP contribution in [-0.2, 0) is 11.3 Å². The third-order valence-electron chi connectivity index (χ3n) is 6.04. The number of carbonyl (C=O) groups excluding carboxylic acids is 1. The van der Waals surface area contributed by atoms with Crippen LogP contribution in [0.15, 0.2) is 71.5 Å². The lowest BCUT2D eigenvalue weighted by molar-refractivity contribution is 0.0335. The molecule has 1 aliphatic heterocycles. The maximum Gasteiger partial charge on any atom is 0.256 e. The van der Waals surface area contributed by atoms with E-state index in [1.165, 1.54) is 4.90 Å². The normalized spacial score (nSPS) is 15.3. The van der Waals surface area contributed by atoms with Crippen molar-refractivity contribution < 1.29 is 18.3 Å². The minimum Gasteiger partial charge on any atom is -0.373 e. The largest absolute Gasteiger partial charge is 0.373 e. The smallest absolute Gasteiger partial charge is 0.256 e.